The molecule has 0 unspecified atom stereocenters. The molecule has 0 bridgehead atoms. The van der Waals surface area contributed by atoms with Gasteiger partial charge in [0.15, 0.2) is 0 Å². The van der Waals surface area contributed by atoms with Crippen molar-refractivity contribution in [1.29, 1.82) is 5.26 Å². The van der Waals surface area contributed by atoms with Gasteiger partial charge in [0.2, 0.25) is 11.8 Å². The van der Waals surface area contributed by atoms with Gasteiger partial charge in [0, 0.05) is 24.7 Å². The van der Waals surface area contributed by atoms with E-state index in [1.54, 1.807) is 20.8 Å². The van der Waals surface area contributed by atoms with Gasteiger partial charge in [-0.2, -0.15) is 31.8 Å². The summed E-state index contributed by atoms with van der Waals surface area (Å²) in [4.78, 5) is 19.4. The number of nitrogens with zero attached hydrogens (tertiary/aromatic N) is 3. The number of alkyl halides is 3. The van der Waals surface area contributed by atoms with Gasteiger partial charge in [-0.05, 0) is 32.9 Å². The van der Waals surface area contributed by atoms with Crippen LogP contribution in [0, 0.1) is 11.3 Å². The number of nitriles is 1. The third kappa shape index (κ3) is 7.79. The number of hydrogen-bond acceptors (Lipinski definition) is 9. The van der Waals surface area contributed by atoms with Gasteiger partial charge in [-0.3, -0.25) is 0 Å². The summed E-state index contributed by atoms with van der Waals surface area (Å²) >= 11 is 0. The summed E-state index contributed by atoms with van der Waals surface area (Å²) in [6.45, 7) is 5.12. The third-order valence-electron chi connectivity index (χ3n) is 3.57. The number of ether oxygens (including phenoxy) is 1. The minimum atomic E-state index is -5.97. The standard InChI is InChI=1S/C19H20F3N5O5S/c1-18(2,3)31-17(28)25-9-8-24-16-26-14(13-6-4-12(11-23)5-7-13)10-15(27-16)32-33(29,30)19(20,21)22/h4-7,10H,8-9H2,1-3H3,(H,25,28)(H,24,26,27). The average Bonchev–Trinajstić information content (AvgIpc) is 2.68. The number of halogens is 3. The summed E-state index contributed by atoms with van der Waals surface area (Å²) < 4.78 is 70.1. The molecular weight excluding hydrogens is 467 g/mol. The first-order chi connectivity index (χ1) is 15.2. The highest BCUT2D eigenvalue weighted by molar-refractivity contribution is 7.87. The number of aromatic nitrogens is 2. The van der Waals surface area contributed by atoms with Crippen LogP contribution in [0.15, 0.2) is 30.3 Å². The Morgan fingerprint density at radius 1 is 1.12 bits per heavy atom. The SMILES string of the molecule is CC(C)(C)OC(=O)NCCNc1nc(OS(=O)(=O)C(F)(F)F)cc(-c2ccc(C#N)cc2)n1. The van der Waals surface area contributed by atoms with Gasteiger partial charge in [0.25, 0.3) is 0 Å². The van der Waals surface area contributed by atoms with E-state index in [1.165, 1.54) is 24.3 Å². The molecule has 0 fully saturated rings. The zero-order valence-corrected chi connectivity index (χ0v) is 18.5. The fourth-order valence-electron chi connectivity index (χ4n) is 2.22. The third-order valence-corrected chi connectivity index (χ3v) is 4.52. The van der Waals surface area contributed by atoms with Crippen molar-refractivity contribution in [3.05, 3.63) is 35.9 Å². The Labute approximate surface area is 187 Å². The number of nitrogens with one attached hydrogen (secondary N) is 2. The van der Waals surface area contributed by atoms with E-state index < -0.39 is 33.2 Å². The zero-order chi connectivity index (χ0) is 24.9. The molecule has 0 aliphatic carbocycles. The highest BCUT2D eigenvalue weighted by atomic mass is 32.2. The molecule has 0 spiro atoms. The summed E-state index contributed by atoms with van der Waals surface area (Å²) in [7, 11) is -5.97. The maximum Gasteiger partial charge on any atom is 0.534 e. The molecule has 0 saturated carbocycles. The fraction of sp³-hybridized carbons (Fsp3) is 0.368. The van der Waals surface area contributed by atoms with E-state index in [4.69, 9.17) is 10.00 Å². The molecule has 0 aliphatic heterocycles. The Hall–Kier alpha value is -3.60. The predicted molar refractivity (Wildman–Crippen MR) is 111 cm³/mol. The molecule has 0 saturated heterocycles. The average molecular weight is 487 g/mol. The number of hydrogen-bond donors (Lipinski definition) is 2. The Balaban J connectivity index is 2.24. The normalized spacial score (nSPS) is 11.9. The summed E-state index contributed by atoms with van der Waals surface area (Å²) in [6.07, 6.45) is -0.683. The number of carbonyl (C=O) groups is 1. The summed E-state index contributed by atoms with van der Waals surface area (Å²) in [5.41, 5.74) is -5.63. The predicted octanol–water partition coefficient (Wildman–Crippen LogP) is 3.18. The highest BCUT2D eigenvalue weighted by Crippen LogP contribution is 2.29. The lowest BCUT2D eigenvalue weighted by Crippen LogP contribution is -2.35. The molecule has 14 heteroatoms. The number of carbonyl (C=O) groups excluding carboxylic acids is 1. The van der Waals surface area contributed by atoms with Crippen molar-refractivity contribution in [2.45, 2.75) is 31.9 Å². The highest BCUT2D eigenvalue weighted by Gasteiger charge is 2.49. The van der Waals surface area contributed by atoms with E-state index in [2.05, 4.69) is 24.8 Å². The van der Waals surface area contributed by atoms with Crippen molar-refractivity contribution in [2.24, 2.45) is 0 Å². The molecule has 0 atom stereocenters. The molecule has 0 aliphatic rings. The molecule has 1 aromatic heterocycles. The van der Waals surface area contributed by atoms with Crippen LogP contribution in [-0.4, -0.2) is 48.7 Å². The van der Waals surface area contributed by atoms with E-state index >= 15 is 0 Å². The van der Waals surface area contributed by atoms with Crippen LogP contribution in [-0.2, 0) is 14.9 Å². The first-order valence-electron chi connectivity index (χ1n) is 9.31. The molecule has 0 radical (unpaired) electrons. The van der Waals surface area contributed by atoms with E-state index in [9.17, 15) is 26.4 Å². The van der Waals surface area contributed by atoms with Crippen LogP contribution in [0.4, 0.5) is 23.9 Å². The van der Waals surface area contributed by atoms with Crippen LogP contribution < -0.4 is 14.8 Å². The van der Waals surface area contributed by atoms with Crippen molar-refractivity contribution in [3.8, 4) is 23.2 Å². The number of anilines is 1. The summed E-state index contributed by atoms with van der Waals surface area (Å²) in [5, 5.41) is 14.0. The summed E-state index contributed by atoms with van der Waals surface area (Å²) in [6, 6.07) is 8.66. The van der Waals surface area contributed by atoms with Crippen LogP contribution in [0.1, 0.15) is 26.3 Å². The van der Waals surface area contributed by atoms with Crippen LogP contribution in [0.25, 0.3) is 11.3 Å². The number of amides is 1. The molecule has 33 heavy (non-hydrogen) atoms. The first kappa shape index (κ1) is 25.7. The van der Waals surface area contributed by atoms with Crippen LogP contribution >= 0.6 is 0 Å². The molecule has 1 aromatic carbocycles. The second-order valence-electron chi connectivity index (χ2n) is 7.44. The van der Waals surface area contributed by atoms with E-state index in [0.717, 1.165) is 6.07 Å². The Bertz CT molecular complexity index is 1140. The molecule has 1 heterocycles. The van der Waals surface area contributed by atoms with Gasteiger partial charge in [-0.25, -0.2) is 9.78 Å². The largest absolute Gasteiger partial charge is 0.534 e. The molecule has 2 aromatic rings. The zero-order valence-electron chi connectivity index (χ0n) is 17.7. The lowest BCUT2D eigenvalue weighted by molar-refractivity contribution is -0.0501. The van der Waals surface area contributed by atoms with Crippen molar-refractivity contribution >= 4 is 22.2 Å². The maximum absolute atomic E-state index is 12.7. The lowest BCUT2D eigenvalue weighted by Gasteiger charge is -2.19. The van der Waals surface area contributed by atoms with E-state index in [-0.39, 0.29) is 24.7 Å². The van der Waals surface area contributed by atoms with Crippen LogP contribution in [0.5, 0.6) is 5.88 Å². The molecule has 2 rings (SSSR count). The van der Waals surface area contributed by atoms with Gasteiger partial charge >= 0.3 is 21.7 Å². The van der Waals surface area contributed by atoms with Crippen LogP contribution in [0.3, 0.4) is 0 Å². The Kier molecular flexibility index (Phi) is 7.70. The fourth-order valence-corrected chi connectivity index (χ4v) is 2.63. The molecule has 2 N–H and O–H groups in total. The number of alkyl carbamates (subject to hydrolysis) is 1. The van der Waals surface area contributed by atoms with Crippen molar-refractivity contribution in [3.63, 3.8) is 0 Å². The minimum Gasteiger partial charge on any atom is -0.444 e. The number of benzene rings is 1. The van der Waals surface area contributed by atoms with Gasteiger partial charge in [-0.1, -0.05) is 12.1 Å². The Morgan fingerprint density at radius 2 is 1.76 bits per heavy atom. The van der Waals surface area contributed by atoms with Crippen molar-refractivity contribution in [2.75, 3.05) is 18.4 Å². The van der Waals surface area contributed by atoms with Crippen molar-refractivity contribution < 1.29 is 35.3 Å². The second kappa shape index (κ2) is 9.90. The maximum atomic E-state index is 12.7. The van der Waals surface area contributed by atoms with Crippen LogP contribution in [0.2, 0.25) is 0 Å². The van der Waals surface area contributed by atoms with Gasteiger partial charge in [0.05, 0.1) is 17.3 Å². The molecule has 178 valence electrons. The topological polar surface area (TPSA) is 143 Å². The minimum absolute atomic E-state index is 0.0293. The molecule has 1 amide bonds. The van der Waals surface area contributed by atoms with Gasteiger partial charge in [0.1, 0.15) is 5.60 Å². The quantitative estimate of drug-likeness (QED) is 0.342. The first-order valence-corrected chi connectivity index (χ1v) is 10.7. The summed E-state index contributed by atoms with van der Waals surface area (Å²) in [5.74, 6) is -1.13. The van der Waals surface area contributed by atoms with E-state index in [0.29, 0.717) is 11.1 Å². The Morgan fingerprint density at radius 3 is 2.30 bits per heavy atom. The van der Waals surface area contributed by atoms with E-state index in [1.807, 2.05) is 6.07 Å². The smallest absolute Gasteiger partial charge is 0.444 e. The lowest BCUT2D eigenvalue weighted by atomic mass is 10.1. The number of rotatable bonds is 7. The monoisotopic (exact) mass is 487 g/mol. The van der Waals surface area contributed by atoms with Gasteiger partial charge < -0.3 is 19.6 Å². The second-order valence-corrected chi connectivity index (χ2v) is 8.98. The van der Waals surface area contributed by atoms with Crippen molar-refractivity contribution in [1.82, 2.24) is 15.3 Å². The van der Waals surface area contributed by atoms with Gasteiger partial charge in [-0.15, -0.1) is 0 Å². The molecule has 10 nitrogen and oxygen atoms in total. The molecular formula is C19H20F3N5O5S.